The van der Waals surface area contributed by atoms with E-state index in [2.05, 4.69) is 10.6 Å². The number of hydrogen-bond donors (Lipinski definition) is 5. The normalized spacial score (nSPS) is 11.1. The number of carbonyl (C=O) groups is 4. The molecule has 2 rings (SSSR count). The van der Waals surface area contributed by atoms with Crippen LogP contribution in [0.1, 0.15) is 30.4 Å². The van der Waals surface area contributed by atoms with Crippen molar-refractivity contribution in [2.24, 2.45) is 5.73 Å². The van der Waals surface area contributed by atoms with E-state index >= 15 is 0 Å². The molecule has 0 heterocycles. The molecule has 0 unspecified atom stereocenters. The van der Waals surface area contributed by atoms with Crippen LogP contribution in [-0.2, 0) is 30.5 Å². The number of aliphatic carboxylic acids is 1. The SMILES string of the molecule is N=C(N)c1ccc(NC(=O)CCC(=O)N[C@@H](CC(=O)O)C(=O)OCc2ccccc2)cc1. The molecule has 10 heteroatoms. The van der Waals surface area contributed by atoms with Gasteiger partial charge >= 0.3 is 11.9 Å². The molecule has 0 spiro atoms. The molecule has 0 fully saturated rings. The molecular formula is C22H24N4O6. The van der Waals surface area contributed by atoms with Gasteiger partial charge in [0, 0.05) is 24.1 Å². The fraction of sp³-hybridized carbons (Fsp3) is 0.227. The summed E-state index contributed by atoms with van der Waals surface area (Å²) in [5.74, 6) is -3.36. The van der Waals surface area contributed by atoms with Gasteiger partial charge in [-0.1, -0.05) is 30.3 Å². The van der Waals surface area contributed by atoms with Crippen molar-refractivity contribution in [1.82, 2.24) is 5.32 Å². The van der Waals surface area contributed by atoms with Crippen molar-refractivity contribution in [1.29, 1.82) is 5.41 Å². The number of carboxylic acid groups (broad SMARTS) is 1. The number of benzene rings is 2. The zero-order chi connectivity index (χ0) is 23.5. The first-order valence-corrected chi connectivity index (χ1v) is 9.70. The van der Waals surface area contributed by atoms with Gasteiger partial charge in [0.2, 0.25) is 11.8 Å². The van der Waals surface area contributed by atoms with Gasteiger partial charge in [0.15, 0.2) is 0 Å². The lowest BCUT2D eigenvalue weighted by atomic mass is 10.1. The van der Waals surface area contributed by atoms with E-state index in [4.69, 9.17) is 21.0 Å². The number of amidine groups is 1. The van der Waals surface area contributed by atoms with Crippen molar-refractivity contribution in [3.63, 3.8) is 0 Å². The second-order valence-electron chi connectivity index (χ2n) is 6.85. The summed E-state index contributed by atoms with van der Waals surface area (Å²) in [5, 5.41) is 21.3. The molecule has 0 aliphatic carbocycles. The lowest BCUT2D eigenvalue weighted by Gasteiger charge is -2.16. The first-order valence-electron chi connectivity index (χ1n) is 9.70. The Labute approximate surface area is 184 Å². The maximum atomic E-state index is 12.2. The Kier molecular flexibility index (Phi) is 8.91. The number of carbonyl (C=O) groups excluding carboxylic acids is 3. The summed E-state index contributed by atoms with van der Waals surface area (Å²) in [6, 6.07) is 13.7. The standard InChI is InChI=1S/C22H24N4O6/c23-21(24)15-6-8-16(9-7-15)25-18(27)10-11-19(28)26-17(12-20(29)30)22(31)32-13-14-4-2-1-3-5-14/h1-9,17H,10-13H2,(H3,23,24)(H,25,27)(H,26,28)(H,29,30)/t17-/m0/s1. The van der Waals surface area contributed by atoms with Gasteiger partial charge in [-0.15, -0.1) is 0 Å². The highest BCUT2D eigenvalue weighted by Gasteiger charge is 2.25. The maximum absolute atomic E-state index is 12.2. The van der Waals surface area contributed by atoms with Gasteiger partial charge in [-0.2, -0.15) is 0 Å². The third-order valence-electron chi connectivity index (χ3n) is 4.28. The fourth-order valence-corrected chi connectivity index (χ4v) is 2.65. The van der Waals surface area contributed by atoms with Gasteiger partial charge < -0.3 is 26.2 Å². The molecule has 0 saturated carbocycles. The smallest absolute Gasteiger partial charge is 0.329 e. The van der Waals surface area contributed by atoms with Gasteiger partial charge in [-0.25, -0.2) is 4.79 Å². The van der Waals surface area contributed by atoms with Crippen molar-refractivity contribution in [3.05, 3.63) is 65.7 Å². The number of hydrogen-bond acceptors (Lipinski definition) is 6. The number of carboxylic acids is 1. The van der Waals surface area contributed by atoms with E-state index < -0.39 is 36.2 Å². The van der Waals surface area contributed by atoms with Crippen LogP contribution in [0.3, 0.4) is 0 Å². The van der Waals surface area contributed by atoms with E-state index in [9.17, 15) is 19.2 Å². The Morgan fingerprint density at radius 1 is 0.969 bits per heavy atom. The average molecular weight is 440 g/mol. The first-order chi connectivity index (χ1) is 15.2. The number of anilines is 1. The summed E-state index contributed by atoms with van der Waals surface area (Å²) < 4.78 is 5.10. The molecule has 10 nitrogen and oxygen atoms in total. The Morgan fingerprint density at radius 2 is 1.59 bits per heavy atom. The van der Waals surface area contributed by atoms with E-state index in [0.717, 1.165) is 0 Å². The van der Waals surface area contributed by atoms with E-state index in [1.165, 1.54) is 0 Å². The zero-order valence-corrected chi connectivity index (χ0v) is 17.2. The lowest BCUT2D eigenvalue weighted by molar-refractivity contribution is -0.152. The molecule has 0 bridgehead atoms. The minimum Gasteiger partial charge on any atom is -0.481 e. The predicted octanol–water partition coefficient (Wildman–Crippen LogP) is 1.39. The highest BCUT2D eigenvalue weighted by molar-refractivity contribution is 5.97. The Morgan fingerprint density at radius 3 is 2.19 bits per heavy atom. The molecule has 6 N–H and O–H groups in total. The van der Waals surface area contributed by atoms with E-state index in [1.807, 2.05) is 0 Å². The highest BCUT2D eigenvalue weighted by atomic mass is 16.5. The molecule has 0 saturated heterocycles. The average Bonchev–Trinajstić information content (AvgIpc) is 2.76. The summed E-state index contributed by atoms with van der Waals surface area (Å²) in [4.78, 5) is 47.5. The van der Waals surface area contributed by atoms with E-state index in [-0.39, 0.29) is 25.3 Å². The molecule has 0 aromatic heterocycles. The Bertz CT molecular complexity index is 976. The molecule has 0 radical (unpaired) electrons. The number of nitrogens with one attached hydrogen (secondary N) is 3. The zero-order valence-electron chi connectivity index (χ0n) is 17.2. The number of nitrogen functional groups attached to an aromatic ring is 1. The number of esters is 1. The third-order valence-corrected chi connectivity index (χ3v) is 4.28. The number of nitrogens with two attached hydrogens (primary N) is 1. The molecule has 1 atom stereocenters. The lowest BCUT2D eigenvalue weighted by Crippen LogP contribution is -2.43. The monoisotopic (exact) mass is 440 g/mol. The van der Waals surface area contributed by atoms with Crippen LogP contribution in [0.2, 0.25) is 0 Å². The van der Waals surface area contributed by atoms with Crippen molar-refractivity contribution >= 4 is 35.3 Å². The van der Waals surface area contributed by atoms with Crippen molar-refractivity contribution in [2.45, 2.75) is 31.9 Å². The minimum atomic E-state index is -1.37. The predicted molar refractivity (Wildman–Crippen MR) is 116 cm³/mol. The quantitative estimate of drug-likeness (QED) is 0.199. The second kappa shape index (κ2) is 11.8. The molecule has 2 aromatic rings. The van der Waals surface area contributed by atoms with Crippen LogP contribution in [-0.4, -0.2) is 40.7 Å². The van der Waals surface area contributed by atoms with Gasteiger partial charge in [0.25, 0.3) is 0 Å². The summed E-state index contributed by atoms with van der Waals surface area (Å²) >= 11 is 0. The maximum Gasteiger partial charge on any atom is 0.329 e. The molecule has 2 amide bonds. The second-order valence-corrected chi connectivity index (χ2v) is 6.85. The topological polar surface area (TPSA) is 172 Å². The van der Waals surface area contributed by atoms with Crippen LogP contribution in [0.5, 0.6) is 0 Å². The van der Waals surface area contributed by atoms with Crippen LogP contribution in [0.4, 0.5) is 5.69 Å². The molecule has 0 aliphatic heterocycles. The molecule has 2 aromatic carbocycles. The number of amides is 2. The van der Waals surface area contributed by atoms with E-state index in [1.54, 1.807) is 54.6 Å². The fourth-order valence-electron chi connectivity index (χ4n) is 2.65. The summed E-state index contributed by atoms with van der Waals surface area (Å²) in [5.41, 5.74) is 7.06. The van der Waals surface area contributed by atoms with Crippen LogP contribution in [0.25, 0.3) is 0 Å². The van der Waals surface area contributed by atoms with Crippen molar-refractivity contribution in [3.8, 4) is 0 Å². The Balaban J connectivity index is 1.83. The van der Waals surface area contributed by atoms with Gasteiger partial charge in [0.05, 0.1) is 6.42 Å². The van der Waals surface area contributed by atoms with Gasteiger partial charge in [-0.05, 0) is 29.8 Å². The Hall–Kier alpha value is -4.21. The van der Waals surface area contributed by atoms with Crippen LogP contribution >= 0.6 is 0 Å². The first kappa shape index (κ1) is 24.1. The van der Waals surface area contributed by atoms with Gasteiger partial charge in [-0.3, -0.25) is 19.8 Å². The highest BCUT2D eigenvalue weighted by Crippen LogP contribution is 2.10. The van der Waals surface area contributed by atoms with Crippen LogP contribution in [0, 0.1) is 5.41 Å². The molecule has 32 heavy (non-hydrogen) atoms. The summed E-state index contributed by atoms with van der Waals surface area (Å²) in [6.45, 7) is -0.0590. The van der Waals surface area contributed by atoms with Crippen molar-refractivity contribution < 1.29 is 29.0 Å². The molecule has 168 valence electrons. The summed E-state index contributed by atoms with van der Waals surface area (Å²) in [6.07, 6.45) is -1.08. The van der Waals surface area contributed by atoms with Gasteiger partial charge in [0.1, 0.15) is 18.5 Å². The molecular weight excluding hydrogens is 416 g/mol. The van der Waals surface area contributed by atoms with Crippen LogP contribution < -0.4 is 16.4 Å². The van der Waals surface area contributed by atoms with E-state index in [0.29, 0.717) is 16.8 Å². The van der Waals surface area contributed by atoms with Crippen LogP contribution in [0.15, 0.2) is 54.6 Å². The number of rotatable bonds is 11. The largest absolute Gasteiger partial charge is 0.481 e. The van der Waals surface area contributed by atoms with Crippen molar-refractivity contribution in [2.75, 3.05) is 5.32 Å². The number of ether oxygens (including phenoxy) is 1. The molecule has 0 aliphatic rings. The summed E-state index contributed by atoms with van der Waals surface area (Å²) in [7, 11) is 0. The minimum absolute atomic E-state index is 0.0590. The third kappa shape index (κ3) is 8.27.